The summed E-state index contributed by atoms with van der Waals surface area (Å²) in [5.41, 5.74) is 1.21. The number of pyridine rings is 1. The molecule has 0 atom stereocenters. The summed E-state index contributed by atoms with van der Waals surface area (Å²) < 4.78 is 0. The minimum Gasteiger partial charge on any atom is -0.339 e. The van der Waals surface area contributed by atoms with Crippen molar-refractivity contribution < 1.29 is 4.79 Å². The number of rotatable bonds is 5. The van der Waals surface area contributed by atoms with Crippen molar-refractivity contribution in [3.05, 3.63) is 58.2 Å². The van der Waals surface area contributed by atoms with Crippen LogP contribution < -0.4 is 0 Å². The summed E-state index contributed by atoms with van der Waals surface area (Å²) in [5.74, 6) is 0.562. The highest BCUT2D eigenvalue weighted by molar-refractivity contribution is 7.99. The quantitative estimate of drug-likeness (QED) is 0.720. The number of hydrogen-bond donors (Lipinski definition) is 0. The average molecular weight is 396 g/mol. The maximum absolute atomic E-state index is 12.4. The van der Waals surface area contributed by atoms with Crippen LogP contribution in [-0.4, -0.2) is 52.6 Å². The molecule has 4 nitrogen and oxygen atoms in total. The van der Waals surface area contributed by atoms with Crippen LogP contribution in [0.15, 0.2) is 47.6 Å². The van der Waals surface area contributed by atoms with E-state index < -0.39 is 0 Å². The van der Waals surface area contributed by atoms with E-state index in [-0.39, 0.29) is 5.91 Å². The van der Waals surface area contributed by atoms with E-state index >= 15 is 0 Å². The Morgan fingerprint density at radius 3 is 2.56 bits per heavy atom. The molecule has 7 heteroatoms. The summed E-state index contributed by atoms with van der Waals surface area (Å²) in [7, 11) is 0. The lowest BCUT2D eigenvalue weighted by Gasteiger charge is -2.34. The Morgan fingerprint density at radius 2 is 1.88 bits per heavy atom. The van der Waals surface area contributed by atoms with E-state index in [1.165, 1.54) is 17.3 Å². The normalized spacial score (nSPS) is 15.4. The highest BCUT2D eigenvalue weighted by Gasteiger charge is 2.21. The number of benzene rings is 1. The molecule has 0 spiro atoms. The highest BCUT2D eigenvalue weighted by atomic mass is 35.5. The van der Waals surface area contributed by atoms with E-state index in [9.17, 15) is 4.79 Å². The molecule has 1 saturated heterocycles. The fourth-order valence-electron chi connectivity index (χ4n) is 2.72. The van der Waals surface area contributed by atoms with E-state index in [1.54, 1.807) is 12.3 Å². The largest absolute Gasteiger partial charge is 0.339 e. The average Bonchev–Trinajstić information content (AvgIpc) is 2.62. The predicted molar refractivity (Wildman–Crippen MR) is 103 cm³/mol. The van der Waals surface area contributed by atoms with E-state index in [0.29, 0.717) is 10.8 Å². The molecular formula is C18H19Cl2N3OS. The molecule has 0 unspecified atom stereocenters. The van der Waals surface area contributed by atoms with Gasteiger partial charge in [0.25, 0.3) is 0 Å². The van der Waals surface area contributed by atoms with Gasteiger partial charge in [-0.25, -0.2) is 4.98 Å². The molecule has 1 aromatic carbocycles. The number of carbonyl (C=O) groups is 1. The van der Waals surface area contributed by atoms with Crippen molar-refractivity contribution in [3.8, 4) is 0 Å². The van der Waals surface area contributed by atoms with Gasteiger partial charge in [0.05, 0.1) is 15.8 Å². The van der Waals surface area contributed by atoms with Gasteiger partial charge >= 0.3 is 0 Å². The zero-order valence-corrected chi connectivity index (χ0v) is 16.0. The highest BCUT2D eigenvalue weighted by Crippen LogP contribution is 2.18. The minimum absolute atomic E-state index is 0.157. The van der Waals surface area contributed by atoms with E-state index in [0.717, 1.165) is 42.8 Å². The summed E-state index contributed by atoms with van der Waals surface area (Å²) in [5, 5.41) is 2.18. The molecule has 3 rings (SSSR count). The Morgan fingerprint density at radius 1 is 1.08 bits per heavy atom. The van der Waals surface area contributed by atoms with Crippen LogP contribution >= 0.6 is 35.0 Å². The van der Waals surface area contributed by atoms with E-state index in [4.69, 9.17) is 23.2 Å². The maximum Gasteiger partial charge on any atom is 0.233 e. The van der Waals surface area contributed by atoms with Gasteiger partial charge in [0, 0.05) is 43.9 Å². The van der Waals surface area contributed by atoms with Crippen molar-refractivity contribution in [1.82, 2.24) is 14.8 Å². The first kappa shape index (κ1) is 18.5. The molecule has 0 saturated carbocycles. The molecule has 2 aromatic rings. The van der Waals surface area contributed by atoms with Gasteiger partial charge in [0.1, 0.15) is 0 Å². The number of nitrogens with zero attached hydrogens (tertiary/aromatic N) is 3. The van der Waals surface area contributed by atoms with Crippen molar-refractivity contribution in [2.75, 3.05) is 31.9 Å². The second-order valence-electron chi connectivity index (χ2n) is 5.89. The monoisotopic (exact) mass is 395 g/mol. The van der Waals surface area contributed by atoms with Crippen LogP contribution in [-0.2, 0) is 11.3 Å². The van der Waals surface area contributed by atoms with E-state index in [2.05, 4.69) is 16.0 Å². The number of piperazine rings is 1. The van der Waals surface area contributed by atoms with Gasteiger partial charge < -0.3 is 4.90 Å². The Balaban J connectivity index is 1.43. The molecule has 25 heavy (non-hydrogen) atoms. The van der Waals surface area contributed by atoms with Crippen LogP contribution in [0.2, 0.25) is 10.0 Å². The van der Waals surface area contributed by atoms with Gasteiger partial charge in [-0.1, -0.05) is 47.1 Å². The molecule has 0 radical (unpaired) electrons. The topological polar surface area (TPSA) is 36.4 Å². The molecule has 1 aliphatic heterocycles. The molecule has 0 N–H and O–H groups in total. The third kappa shape index (κ3) is 5.61. The van der Waals surface area contributed by atoms with Gasteiger partial charge in [0.15, 0.2) is 0 Å². The van der Waals surface area contributed by atoms with Gasteiger partial charge in [0.2, 0.25) is 5.91 Å². The fraction of sp³-hybridized carbons (Fsp3) is 0.333. The number of thioether (sulfide) groups is 1. The molecule has 132 valence electrons. The van der Waals surface area contributed by atoms with E-state index in [1.807, 2.05) is 29.2 Å². The number of halogens is 2. The van der Waals surface area contributed by atoms with Crippen LogP contribution in [0.1, 0.15) is 5.56 Å². The lowest BCUT2D eigenvalue weighted by molar-refractivity contribution is -0.130. The molecule has 1 fully saturated rings. The second kappa shape index (κ2) is 8.90. The van der Waals surface area contributed by atoms with Crippen LogP contribution in [0.25, 0.3) is 0 Å². The number of carbonyl (C=O) groups excluding carboxylic acids is 1. The summed E-state index contributed by atoms with van der Waals surface area (Å²) in [4.78, 5) is 20.8. The third-order valence-electron chi connectivity index (χ3n) is 4.06. The molecule has 2 heterocycles. The lowest BCUT2D eigenvalue weighted by atomic mass is 10.2. The van der Waals surface area contributed by atoms with Crippen molar-refractivity contribution in [2.45, 2.75) is 11.6 Å². The Kier molecular flexibility index (Phi) is 6.59. The van der Waals surface area contributed by atoms with Gasteiger partial charge in [-0.15, -0.1) is 0 Å². The van der Waals surface area contributed by atoms with Crippen LogP contribution in [0.5, 0.6) is 0 Å². The summed E-state index contributed by atoms with van der Waals surface area (Å²) in [6.07, 6.45) is 1.60. The molecule has 0 bridgehead atoms. The second-order valence-corrected chi connectivity index (χ2v) is 7.76. The Bertz CT molecular complexity index is 719. The lowest BCUT2D eigenvalue weighted by Crippen LogP contribution is -2.48. The number of hydrogen-bond acceptors (Lipinski definition) is 4. The first-order chi connectivity index (χ1) is 12.1. The predicted octanol–water partition coefficient (Wildman–Crippen LogP) is 3.82. The zero-order chi connectivity index (χ0) is 17.6. The third-order valence-corrected chi connectivity index (χ3v) is 5.45. The van der Waals surface area contributed by atoms with Crippen LogP contribution in [0, 0.1) is 0 Å². The summed E-state index contributed by atoms with van der Waals surface area (Å²) in [6.45, 7) is 4.14. The SMILES string of the molecule is O=C(CSc1ccc(Cl)cn1)N1CCN(Cc2cccc(Cl)c2)CC1. The Hall–Kier alpha value is -1.27. The van der Waals surface area contributed by atoms with Gasteiger partial charge in [-0.3, -0.25) is 9.69 Å². The molecule has 1 aliphatic rings. The van der Waals surface area contributed by atoms with Crippen molar-refractivity contribution >= 4 is 40.9 Å². The molecule has 0 aliphatic carbocycles. The molecule has 1 amide bonds. The van der Waals surface area contributed by atoms with Crippen molar-refractivity contribution in [3.63, 3.8) is 0 Å². The first-order valence-corrected chi connectivity index (χ1v) is 9.83. The Labute approximate surface area is 162 Å². The first-order valence-electron chi connectivity index (χ1n) is 8.09. The minimum atomic E-state index is 0.157. The van der Waals surface area contributed by atoms with Crippen molar-refractivity contribution in [1.29, 1.82) is 0 Å². The molecular weight excluding hydrogens is 377 g/mol. The van der Waals surface area contributed by atoms with Gasteiger partial charge in [-0.2, -0.15) is 0 Å². The van der Waals surface area contributed by atoms with Crippen LogP contribution in [0.4, 0.5) is 0 Å². The smallest absolute Gasteiger partial charge is 0.233 e. The van der Waals surface area contributed by atoms with Crippen LogP contribution in [0.3, 0.4) is 0 Å². The van der Waals surface area contributed by atoms with Crippen molar-refractivity contribution in [2.24, 2.45) is 0 Å². The molecule has 1 aromatic heterocycles. The summed E-state index contributed by atoms with van der Waals surface area (Å²) >= 11 is 13.3. The number of aromatic nitrogens is 1. The number of amides is 1. The standard InChI is InChI=1S/C18H19Cl2N3OS/c19-15-3-1-2-14(10-15)12-22-6-8-23(9-7-22)18(24)13-25-17-5-4-16(20)11-21-17/h1-5,10-11H,6-9,12-13H2. The summed E-state index contributed by atoms with van der Waals surface area (Å²) in [6, 6.07) is 11.6. The maximum atomic E-state index is 12.4. The van der Waals surface area contributed by atoms with Gasteiger partial charge in [-0.05, 0) is 29.8 Å². The zero-order valence-electron chi connectivity index (χ0n) is 13.7. The fourth-order valence-corrected chi connectivity index (χ4v) is 3.79.